The number of anilines is 1. The first-order valence-corrected chi connectivity index (χ1v) is 10.6. The van der Waals surface area contributed by atoms with Crippen molar-refractivity contribution in [1.29, 1.82) is 0 Å². The summed E-state index contributed by atoms with van der Waals surface area (Å²) in [4.78, 5) is 39.9. The van der Waals surface area contributed by atoms with Crippen molar-refractivity contribution in [3.63, 3.8) is 0 Å². The second-order valence-corrected chi connectivity index (χ2v) is 8.71. The van der Waals surface area contributed by atoms with Gasteiger partial charge in [0.2, 0.25) is 5.95 Å². The standard InChI is InChI=1S/C10H16N6O10P2/c11-10-14-7-4(8(19)15-10)13-2-16(7)9-6(18)5(17)3(25-9)1-24-28(22,23)26-27(12,20)21/h2-3,5-6,9,17-18H,1H2,(H,22,23)(H3,12,20,21)(H3,11,14,15,19)/t3-,5-,6+,9+/m0/s1. The van der Waals surface area contributed by atoms with Crippen molar-refractivity contribution in [3.8, 4) is 0 Å². The summed E-state index contributed by atoms with van der Waals surface area (Å²) >= 11 is 0. The van der Waals surface area contributed by atoms with Crippen LogP contribution in [0.15, 0.2) is 11.1 Å². The number of imidazole rings is 1. The zero-order valence-corrected chi connectivity index (χ0v) is 15.5. The average molecular weight is 442 g/mol. The van der Waals surface area contributed by atoms with Crippen LogP contribution in [-0.2, 0) is 22.7 Å². The third-order valence-electron chi connectivity index (χ3n) is 3.68. The largest absolute Gasteiger partial charge is 0.480 e. The Morgan fingerprint density at radius 3 is 2.64 bits per heavy atom. The molecule has 2 aromatic heterocycles. The van der Waals surface area contributed by atoms with Crippen LogP contribution in [0.25, 0.3) is 11.2 Å². The summed E-state index contributed by atoms with van der Waals surface area (Å²) in [5.74, 6) is -0.222. The van der Waals surface area contributed by atoms with Crippen molar-refractivity contribution in [3.05, 3.63) is 16.7 Å². The Hall–Kier alpha value is -1.71. The fraction of sp³-hybridized carbons (Fsp3) is 0.500. The Labute approximate surface area is 154 Å². The van der Waals surface area contributed by atoms with Gasteiger partial charge in [0.1, 0.15) is 18.3 Å². The fourth-order valence-corrected chi connectivity index (χ4v) is 4.27. The maximum atomic E-state index is 11.8. The van der Waals surface area contributed by atoms with Gasteiger partial charge in [-0.15, -0.1) is 0 Å². The molecule has 0 saturated carbocycles. The van der Waals surface area contributed by atoms with Crippen molar-refractivity contribution >= 4 is 32.7 Å². The van der Waals surface area contributed by atoms with E-state index in [4.69, 9.17) is 15.4 Å². The molecule has 0 aromatic carbocycles. The van der Waals surface area contributed by atoms with Gasteiger partial charge in [-0.25, -0.2) is 19.6 Å². The maximum Gasteiger partial charge on any atom is 0.480 e. The van der Waals surface area contributed by atoms with Gasteiger partial charge in [-0.3, -0.25) is 18.9 Å². The Balaban J connectivity index is 1.79. The highest BCUT2D eigenvalue weighted by atomic mass is 31.3. The molecule has 1 fully saturated rings. The number of aliphatic hydroxyl groups is 2. The molecule has 28 heavy (non-hydrogen) atoms. The fourth-order valence-electron chi connectivity index (χ4n) is 2.57. The Morgan fingerprint density at radius 2 is 2.00 bits per heavy atom. The lowest BCUT2D eigenvalue weighted by molar-refractivity contribution is -0.0501. The molecule has 0 radical (unpaired) electrons. The zero-order chi connectivity index (χ0) is 20.9. The highest BCUT2D eigenvalue weighted by Crippen LogP contribution is 2.56. The topological polar surface area (TPSA) is 258 Å². The summed E-state index contributed by atoms with van der Waals surface area (Å²) in [6.07, 6.45) is -4.74. The number of nitrogens with two attached hydrogens (primary N) is 2. The molecule has 3 heterocycles. The minimum absolute atomic E-state index is 0.0421. The molecule has 1 aliphatic rings. The van der Waals surface area contributed by atoms with E-state index >= 15 is 0 Å². The number of H-pyrrole nitrogens is 1. The SMILES string of the molecule is Nc1nc2c(ncn2[C@@H]2O[C@@H](COP(=O)(O)OP(N)(=O)O)[C@H](O)[C@H]2O)c(=O)[nH]1. The van der Waals surface area contributed by atoms with Crippen molar-refractivity contribution in [2.75, 3.05) is 12.3 Å². The minimum atomic E-state index is -5.05. The Kier molecular flexibility index (Phi) is 5.46. The van der Waals surface area contributed by atoms with Crippen LogP contribution in [0.4, 0.5) is 5.95 Å². The molecule has 0 bridgehead atoms. The van der Waals surface area contributed by atoms with Gasteiger partial charge in [0, 0.05) is 0 Å². The number of aromatic amines is 1. The molecule has 1 aliphatic heterocycles. The van der Waals surface area contributed by atoms with Gasteiger partial charge in [-0.1, -0.05) is 0 Å². The number of phosphoric acid groups is 1. The van der Waals surface area contributed by atoms with E-state index in [0.717, 1.165) is 10.9 Å². The number of hydrogen-bond acceptors (Lipinski definition) is 11. The zero-order valence-electron chi connectivity index (χ0n) is 13.7. The summed E-state index contributed by atoms with van der Waals surface area (Å²) in [5, 5.41) is 20.3. The molecule has 9 N–H and O–H groups in total. The molecule has 18 heteroatoms. The number of hydrogen-bond donors (Lipinski definition) is 7. The summed E-state index contributed by atoms with van der Waals surface area (Å²) in [6, 6.07) is 0. The highest BCUT2D eigenvalue weighted by Gasteiger charge is 2.45. The number of fused-ring (bicyclic) bond motifs is 1. The first kappa shape index (κ1) is 21.0. The van der Waals surface area contributed by atoms with Gasteiger partial charge in [-0.2, -0.15) is 9.29 Å². The van der Waals surface area contributed by atoms with Crippen LogP contribution in [0.5, 0.6) is 0 Å². The Morgan fingerprint density at radius 1 is 1.32 bits per heavy atom. The molecule has 16 nitrogen and oxygen atoms in total. The minimum Gasteiger partial charge on any atom is -0.387 e. The lowest BCUT2D eigenvalue weighted by Gasteiger charge is -2.18. The molecule has 6 atom stereocenters. The second-order valence-electron chi connectivity index (χ2n) is 5.73. The van der Waals surface area contributed by atoms with E-state index < -0.39 is 52.3 Å². The van der Waals surface area contributed by atoms with Crippen molar-refractivity contribution in [2.45, 2.75) is 24.5 Å². The summed E-state index contributed by atoms with van der Waals surface area (Å²) < 4.78 is 37.2. The van der Waals surface area contributed by atoms with E-state index in [-0.39, 0.29) is 17.1 Å². The predicted molar refractivity (Wildman–Crippen MR) is 89.4 cm³/mol. The molecular formula is C10H16N6O10P2. The van der Waals surface area contributed by atoms with Crippen LogP contribution in [0.1, 0.15) is 6.23 Å². The number of nitrogens with zero attached hydrogens (tertiary/aromatic N) is 3. The van der Waals surface area contributed by atoms with E-state index in [1.54, 1.807) is 0 Å². The molecule has 0 amide bonds. The molecule has 2 unspecified atom stereocenters. The quantitative estimate of drug-likeness (QED) is 0.228. The van der Waals surface area contributed by atoms with Gasteiger partial charge in [0.15, 0.2) is 17.4 Å². The van der Waals surface area contributed by atoms with E-state index in [0.29, 0.717) is 0 Å². The van der Waals surface area contributed by atoms with Crippen molar-refractivity contribution in [1.82, 2.24) is 19.5 Å². The van der Waals surface area contributed by atoms with Crippen LogP contribution in [-0.4, -0.2) is 64.4 Å². The number of nitrogens with one attached hydrogen (secondary N) is 1. The average Bonchev–Trinajstić information content (AvgIpc) is 3.06. The molecule has 0 aliphatic carbocycles. The van der Waals surface area contributed by atoms with Gasteiger partial charge < -0.3 is 30.5 Å². The van der Waals surface area contributed by atoms with Gasteiger partial charge in [-0.05, 0) is 0 Å². The van der Waals surface area contributed by atoms with Crippen molar-refractivity contribution in [2.24, 2.45) is 5.50 Å². The maximum absolute atomic E-state index is 11.8. The molecule has 156 valence electrons. The summed E-state index contributed by atoms with van der Waals surface area (Å²) in [6.45, 7) is -0.814. The van der Waals surface area contributed by atoms with Crippen LogP contribution in [0, 0.1) is 0 Å². The second kappa shape index (κ2) is 7.27. The van der Waals surface area contributed by atoms with Crippen LogP contribution < -0.4 is 16.8 Å². The summed E-state index contributed by atoms with van der Waals surface area (Å²) in [7, 11) is -9.87. The van der Waals surface area contributed by atoms with E-state index in [1.165, 1.54) is 0 Å². The van der Waals surface area contributed by atoms with E-state index in [9.17, 15) is 29.0 Å². The van der Waals surface area contributed by atoms with E-state index in [2.05, 4.69) is 29.3 Å². The van der Waals surface area contributed by atoms with Crippen LogP contribution >= 0.6 is 15.6 Å². The van der Waals surface area contributed by atoms with Gasteiger partial charge >= 0.3 is 15.6 Å². The molecule has 1 saturated heterocycles. The van der Waals surface area contributed by atoms with Crippen molar-refractivity contribution < 1.29 is 42.7 Å². The smallest absolute Gasteiger partial charge is 0.387 e. The third kappa shape index (κ3) is 4.31. The van der Waals surface area contributed by atoms with E-state index in [1.807, 2.05) is 0 Å². The molecular weight excluding hydrogens is 426 g/mol. The highest BCUT2D eigenvalue weighted by molar-refractivity contribution is 7.62. The number of nitrogen functional groups attached to an aromatic ring is 1. The van der Waals surface area contributed by atoms with Crippen LogP contribution in [0.3, 0.4) is 0 Å². The number of aromatic nitrogens is 4. The predicted octanol–water partition coefficient (Wildman–Crippen LogP) is -2.49. The number of ether oxygens (including phenoxy) is 1. The lowest BCUT2D eigenvalue weighted by atomic mass is 10.1. The number of aliphatic hydroxyl groups excluding tert-OH is 2. The first-order valence-electron chi connectivity index (χ1n) is 7.42. The number of rotatable bonds is 6. The molecule has 0 spiro atoms. The normalized spacial score (nSPS) is 29.6. The van der Waals surface area contributed by atoms with Gasteiger partial charge in [0.05, 0.1) is 12.9 Å². The van der Waals surface area contributed by atoms with Crippen LogP contribution in [0.2, 0.25) is 0 Å². The molecule has 2 aromatic rings. The van der Waals surface area contributed by atoms with Gasteiger partial charge in [0.25, 0.3) is 5.56 Å². The third-order valence-corrected chi connectivity index (χ3v) is 5.92. The first-order chi connectivity index (χ1) is 12.9. The number of phosphoric ester groups is 1. The lowest BCUT2D eigenvalue weighted by Crippen LogP contribution is -2.33. The summed E-state index contributed by atoms with van der Waals surface area (Å²) in [5.41, 5.74) is 9.32. The molecule has 3 rings (SSSR count). The Bertz CT molecular complexity index is 1030. The monoisotopic (exact) mass is 442 g/mol.